The number of hydrogen-bond donors (Lipinski definition) is 2. The topological polar surface area (TPSA) is 45.7 Å². The molecule has 1 rings (SSSR count). The van der Waals surface area contributed by atoms with E-state index in [1.807, 2.05) is 24.8 Å². The van der Waals surface area contributed by atoms with E-state index in [0.717, 1.165) is 24.5 Å². The molecule has 0 saturated heterocycles. The minimum absolute atomic E-state index is 0. The molecule has 1 aromatic carbocycles. The Morgan fingerprint density at radius 2 is 2.13 bits per heavy atom. The van der Waals surface area contributed by atoms with Crippen LogP contribution in [0.5, 0.6) is 5.75 Å². The number of nitrogens with one attached hydrogen (secondary N) is 2. The summed E-state index contributed by atoms with van der Waals surface area (Å²) in [5.74, 6) is 1.81. The maximum Gasteiger partial charge on any atom is 0.191 e. The fourth-order valence-electron chi connectivity index (χ4n) is 2.01. The number of nitrogens with zero attached hydrogens (tertiary/aromatic N) is 1. The van der Waals surface area contributed by atoms with Gasteiger partial charge >= 0.3 is 0 Å². The smallest absolute Gasteiger partial charge is 0.191 e. The highest BCUT2D eigenvalue weighted by molar-refractivity contribution is 14.0. The van der Waals surface area contributed by atoms with Gasteiger partial charge in [0.05, 0.1) is 13.2 Å². The van der Waals surface area contributed by atoms with Gasteiger partial charge in [-0.25, -0.2) is 4.39 Å². The molecule has 7 heteroatoms. The van der Waals surface area contributed by atoms with Gasteiger partial charge < -0.3 is 15.4 Å². The van der Waals surface area contributed by atoms with Crippen LogP contribution in [0.3, 0.4) is 0 Å². The number of benzene rings is 1. The molecule has 1 unspecified atom stereocenters. The average molecular weight is 455 g/mol. The van der Waals surface area contributed by atoms with Crippen molar-refractivity contribution in [2.75, 3.05) is 32.7 Å². The van der Waals surface area contributed by atoms with Crippen molar-refractivity contribution in [2.45, 2.75) is 25.8 Å². The maximum absolute atomic E-state index is 13.8. The highest BCUT2D eigenvalue weighted by Gasteiger charge is 2.11. The first kappa shape index (κ1) is 22.3. The van der Waals surface area contributed by atoms with Crippen LogP contribution in [0.25, 0.3) is 0 Å². The number of ether oxygens (including phenoxy) is 1. The third-order valence-corrected chi connectivity index (χ3v) is 4.02. The van der Waals surface area contributed by atoms with Crippen LogP contribution >= 0.6 is 35.7 Å². The molecule has 0 amide bonds. The van der Waals surface area contributed by atoms with Gasteiger partial charge in [0, 0.05) is 13.6 Å². The van der Waals surface area contributed by atoms with Gasteiger partial charge in [-0.15, -0.1) is 24.0 Å². The van der Waals surface area contributed by atoms with E-state index in [1.54, 1.807) is 13.1 Å². The predicted octanol–water partition coefficient (Wildman–Crippen LogP) is 3.82. The summed E-state index contributed by atoms with van der Waals surface area (Å²) in [5, 5.41) is 6.54. The van der Waals surface area contributed by atoms with Crippen molar-refractivity contribution in [3.8, 4) is 5.75 Å². The lowest BCUT2D eigenvalue weighted by atomic mass is 10.1. The molecule has 0 heterocycles. The molecule has 0 saturated carbocycles. The van der Waals surface area contributed by atoms with E-state index in [-0.39, 0.29) is 41.6 Å². The first-order chi connectivity index (χ1) is 10.6. The van der Waals surface area contributed by atoms with Crippen LogP contribution in [0.1, 0.15) is 31.4 Å². The molecule has 4 nitrogen and oxygen atoms in total. The SMILES string of the molecule is CN=C(NCCCCSC)NC(C)c1ccc(OC)c(F)c1.I. The third kappa shape index (κ3) is 8.10. The van der Waals surface area contributed by atoms with Crippen molar-refractivity contribution >= 4 is 41.7 Å². The average Bonchev–Trinajstić information content (AvgIpc) is 2.53. The standard InChI is InChI=1S/C16H26FN3OS.HI/c1-12(13-7-8-15(21-3)14(17)11-13)20-16(18-2)19-9-5-6-10-22-4;/h7-8,11-12H,5-6,9-10H2,1-4H3,(H2,18,19,20);1H. The van der Waals surface area contributed by atoms with E-state index in [2.05, 4.69) is 21.9 Å². The second-order valence-electron chi connectivity index (χ2n) is 4.96. The Bertz CT molecular complexity index is 488. The van der Waals surface area contributed by atoms with Gasteiger partial charge in [-0.3, -0.25) is 4.99 Å². The summed E-state index contributed by atoms with van der Waals surface area (Å²) >= 11 is 1.86. The highest BCUT2D eigenvalue weighted by Crippen LogP contribution is 2.21. The number of unbranched alkanes of at least 4 members (excludes halogenated alkanes) is 1. The molecular formula is C16H27FIN3OS. The van der Waals surface area contributed by atoms with E-state index >= 15 is 0 Å². The summed E-state index contributed by atoms with van der Waals surface area (Å²) in [6, 6.07) is 4.94. The summed E-state index contributed by atoms with van der Waals surface area (Å²) < 4.78 is 18.7. The van der Waals surface area contributed by atoms with E-state index in [1.165, 1.54) is 25.3 Å². The molecule has 23 heavy (non-hydrogen) atoms. The van der Waals surface area contributed by atoms with Gasteiger partial charge in [0.1, 0.15) is 0 Å². The van der Waals surface area contributed by atoms with Gasteiger partial charge in [0.15, 0.2) is 17.5 Å². The number of aliphatic imine (C=N–C) groups is 1. The fourth-order valence-corrected chi connectivity index (χ4v) is 2.51. The Balaban J connectivity index is 0.00000484. The quantitative estimate of drug-likeness (QED) is 0.271. The van der Waals surface area contributed by atoms with Crippen LogP contribution in [0.4, 0.5) is 4.39 Å². The number of thioether (sulfide) groups is 1. The van der Waals surface area contributed by atoms with E-state index in [0.29, 0.717) is 0 Å². The molecule has 0 fully saturated rings. The zero-order chi connectivity index (χ0) is 16.4. The summed E-state index contributed by atoms with van der Waals surface area (Å²) in [5.41, 5.74) is 0.851. The van der Waals surface area contributed by atoms with E-state index in [4.69, 9.17) is 4.74 Å². The van der Waals surface area contributed by atoms with Gasteiger partial charge in [-0.2, -0.15) is 11.8 Å². The lowest BCUT2D eigenvalue weighted by molar-refractivity contribution is 0.386. The van der Waals surface area contributed by atoms with Crippen LogP contribution in [-0.4, -0.2) is 38.7 Å². The Morgan fingerprint density at radius 3 is 2.70 bits per heavy atom. The van der Waals surface area contributed by atoms with Crippen molar-refractivity contribution in [1.82, 2.24) is 10.6 Å². The summed E-state index contributed by atoms with van der Waals surface area (Å²) in [7, 11) is 3.20. The van der Waals surface area contributed by atoms with Crippen molar-refractivity contribution in [3.05, 3.63) is 29.6 Å². The predicted molar refractivity (Wildman–Crippen MR) is 109 cm³/mol. The molecule has 0 radical (unpaired) electrons. The third-order valence-electron chi connectivity index (χ3n) is 3.32. The Labute approximate surface area is 160 Å². The molecule has 0 aliphatic carbocycles. The molecule has 2 N–H and O–H groups in total. The number of guanidine groups is 1. The molecule has 0 spiro atoms. The van der Waals surface area contributed by atoms with Crippen molar-refractivity contribution in [2.24, 2.45) is 4.99 Å². The summed E-state index contributed by atoms with van der Waals surface area (Å²) in [4.78, 5) is 4.20. The number of halogens is 2. The minimum atomic E-state index is -0.353. The lowest BCUT2D eigenvalue weighted by Gasteiger charge is -2.18. The van der Waals surface area contributed by atoms with Crippen LogP contribution in [0.15, 0.2) is 23.2 Å². The number of hydrogen-bond acceptors (Lipinski definition) is 3. The van der Waals surface area contributed by atoms with Crippen molar-refractivity contribution < 1.29 is 9.13 Å². The molecule has 0 aliphatic heterocycles. The summed E-state index contributed by atoms with van der Waals surface area (Å²) in [6.45, 7) is 2.85. The zero-order valence-corrected chi connectivity index (χ0v) is 17.3. The molecule has 132 valence electrons. The number of rotatable bonds is 8. The molecule has 1 aromatic rings. The first-order valence-corrected chi connectivity index (χ1v) is 8.81. The summed E-state index contributed by atoms with van der Waals surface area (Å²) in [6.07, 6.45) is 4.40. The normalized spacial score (nSPS) is 12.3. The maximum atomic E-state index is 13.8. The lowest BCUT2D eigenvalue weighted by Crippen LogP contribution is -2.39. The second kappa shape index (κ2) is 12.7. The minimum Gasteiger partial charge on any atom is -0.494 e. The van der Waals surface area contributed by atoms with Gasteiger partial charge in [-0.1, -0.05) is 6.07 Å². The van der Waals surface area contributed by atoms with Crippen LogP contribution in [0, 0.1) is 5.82 Å². The first-order valence-electron chi connectivity index (χ1n) is 7.42. The monoisotopic (exact) mass is 455 g/mol. The Hall–Kier alpha value is -0.700. The largest absolute Gasteiger partial charge is 0.494 e. The zero-order valence-electron chi connectivity index (χ0n) is 14.2. The van der Waals surface area contributed by atoms with Crippen molar-refractivity contribution in [3.63, 3.8) is 0 Å². The van der Waals surface area contributed by atoms with Gasteiger partial charge in [0.2, 0.25) is 0 Å². The Morgan fingerprint density at radius 1 is 1.39 bits per heavy atom. The van der Waals surface area contributed by atoms with Gasteiger partial charge in [-0.05, 0) is 49.5 Å². The van der Waals surface area contributed by atoms with Crippen LogP contribution < -0.4 is 15.4 Å². The van der Waals surface area contributed by atoms with E-state index in [9.17, 15) is 4.39 Å². The van der Waals surface area contributed by atoms with Crippen LogP contribution in [-0.2, 0) is 0 Å². The second-order valence-corrected chi connectivity index (χ2v) is 5.94. The van der Waals surface area contributed by atoms with Crippen molar-refractivity contribution in [1.29, 1.82) is 0 Å². The molecule has 0 aliphatic rings. The van der Waals surface area contributed by atoms with E-state index < -0.39 is 0 Å². The number of methoxy groups -OCH3 is 1. The molecule has 0 bridgehead atoms. The highest BCUT2D eigenvalue weighted by atomic mass is 127. The van der Waals surface area contributed by atoms with Crippen LogP contribution in [0.2, 0.25) is 0 Å². The Kier molecular flexibility index (Phi) is 12.3. The molecular weight excluding hydrogens is 428 g/mol. The molecule has 0 aromatic heterocycles. The fraction of sp³-hybridized carbons (Fsp3) is 0.562. The molecule has 1 atom stereocenters. The van der Waals surface area contributed by atoms with Gasteiger partial charge in [0.25, 0.3) is 0 Å².